The highest BCUT2D eigenvalue weighted by molar-refractivity contribution is 5.66. The fourth-order valence-corrected chi connectivity index (χ4v) is 20.2. The van der Waals surface area contributed by atoms with Crippen LogP contribution in [0.2, 0.25) is 0 Å². The third-order valence-electron chi connectivity index (χ3n) is 25.7. The lowest BCUT2D eigenvalue weighted by molar-refractivity contribution is -0.401. The zero-order chi connectivity index (χ0) is 75.2. The van der Waals surface area contributed by atoms with E-state index in [2.05, 4.69) is 33.8 Å². The molecule has 18 heteroatoms. The summed E-state index contributed by atoms with van der Waals surface area (Å²) in [4.78, 5) is 27.4. The Balaban J connectivity index is 0.808. The van der Waals surface area contributed by atoms with Gasteiger partial charge in [-0.2, -0.15) is 0 Å². The fraction of sp³-hybridized carbons (Fsp3) is 0.560. The Morgan fingerprint density at radius 2 is 0.908 bits per heavy atom. The average Bonchev–Trinajstić information content (AvgIpc) is 1.55. The van der Waals surface area contributed by atoms with Crippen molar-refractivity contribution in [2.75, 3.05) is 13.2 Å². The van der Waals surface area contributed by atoms with Gasteiger partial charge in [0.2, 0.25) is 0 Å². The molecule has 0 aromatic heterocycles. The Morgan fingerprint density at radius 3 is 1.36 bits per heavy atom. The lowest BCUT2D eigenvalue weighted by Crippen LogP contribution is -2.68. The molecule has 3 saturated carbocycles. The Morgan fingerprint density at radius 1 is 0.459 bits per heavy atom. The fourth-order valence-electron chi connectivity index (χ4n) is 20.2. The molecule has 0 unspecified atom stereocenters. The van der Waals surface area contributed by atoms with E-state index in [1.165, 1.54) is 19.4 Å². The summed E-state index contributed by atoms with van der Waals surface area (Å²) >= 11 is 0. The minimum Gasteiger partial charge on any atom is -0.463 e. The number of allylic oxidation sites excluding steroid dienone is 1. The second-order valence-electron chi connectivity index (χ2n) is 32.9. The lowest BCUT2D eigenvalue weighted by atomic mass is 9.47. The van der Waals surface area contributed by atoms with Gasteiger partial charge in [0.25, 0.3) is 0 Å². The van der Waals surface area contributed by atoms with Crippen LogP contribution in [0.15, 0.2) is 194 Å². The second-order valence-corrected chi connectivity index (χ2v) is 32.9. The zero-order valence-corrected chi connectivity index (χ0v) is 64.5. The molecule has 109 heavy (non-hydrogen) atoms. The maximum atomic E-state index is 14.1. The van der Waals surface area contributed by atoms with Crippen molar-refractivity contribution >= 4 is 11.9 Å². The number of ether oxygens (including phenoxy) is 16. The van der Waals surface area contributed by atoms with E-state index in [9.17, 15) is 9.59 Å². The zero-order valence-electron chi connectivity index (χ0n) is 64.5. The first-order chi connectivity index (χ1) is 53.0. The molecule has 5 aliphatic heterocycles. The van der Waals surface area contributed by atoms with Gasteiger partial charge in [0, 0.05) is 26.2 Å². The SMILES string of the molecule is CC(=O)OC[C@H]1O[C@@H](O[C@H]2CC[C@@]3(C)C(=CC[C@H]4[C@@H]5C[C@@H]6O[C@]7(CC[C@@H](C)CO7)[C@@H](C)[C@@H]6[C@]5(C)CC[C@@H]43)C2)[C@H](O[C@@H]2O[C@@H](C)[C@H](OCc3ccccc3)[C@@H](OCc3ccccc3)[C@H]2OCc2ccccc2)[C@@H](O[C@@H]2O[C@@H](C)[C@H](OCc3ccccc3)[C@@H](OCc3ccccc3)[C@H]2OCc2ccccc2)[C@@H]1OC(C)=O. The van der Waals surface area contributed by atoms with E-state index < -0.39 is 116 Å². The van der Waals surface area contributed by atoms with Gasteiger partial charge in [0.05, 0.1) is 70.7 Å². The first-order valence-electron chi connectivity index (χ1n) is 40.2. The van der Waals surface area contributed by atoms with E-state index in [1.807, 2.05) is 196 Å². The molecule has 5 heterocycles. The Bertz CT molecular complexity index is 3900. The average molecular weight is 1490 g/mol. The number of hydrogen-bond acceptors (Lipinski definition) is 18. The van der Waals surface area contributed by atoms with Crippen molar-refractivity contribution in [3.8, 4) is 0 Å². The van der Waals surface area contributed by atoms with Crippen LogP contribution in [0.1, 0.15) is 147 Å². The van der Waals surface area contributed by atoms with Crippen molar-refractivity contribution < 1.29 is 85.4 Å². The highest BCUT2D eigenvalue weighted by atomic mass is 16.8. The van der Waals surface area contributed by atoms with Crippen molar-refractivity contribution in [3.05, 3.63) is 227 Å². The molecule has 26 atom stereocenters. The second kappa shape index (κ2) is 34.8. The smallest absolute Gasteiger partial charge is 0.303 e. The number of hydrogen-bond donors (Lipinski definition) is 0. The summed E-state index contributed by atoms with van der Waals surface area (Å²) in [6, 6.07) is 59.8. The highest BCUT2D eigenvalue weighted by Gasteiger charge is 2.69. The number of benzene rings is 6. The van der Waals surface area contributed by atoms with Gasteiger partial charge in [0.1, 0.15) is 61.5 Å². The van der Waals surface area contributed by atoms with Crippen LogP contribution in [-0.4, -0.2) is 135 Å². The maximum absolute atomic E-state index is 14.1. The van der Waals surface area contributed by atoms with Gasteiger partial charge in [-0.1, -0.05) is 221 Å². The number of carbonyl (C=O) groups excluding carboxylic acids is 2. The van der Waals surface area contributed by atoms with E-state index in [1.54, 1.807) is 0 Å². The third kappa shape index (κ3) is 17.4. The summed E-state index contributed by atoms with van der Waals surface area (Å²) in [6.07, 6.45) is -4.70. The van der Waals surface area contributed by atoms with Gasteiger partial charge >= 0.3 is 11.9 Å². The summed E-state index contributed by atoms with van der Waals surface area (Å²) < 4.78 is 114. The van der Waals surface area contributed by atoms with Crippen LogP contribution in [0.4, 0.5) is 0 Å². The molecule has 18 nitrogen and oxygen atoms in total. The number of carbonyl (C=O) groups is 2. The van der Waals surface area contributed by atoms with E-state index in [0.29, 0.717) is 48.3 Å². The van der Waals surface area contributed by atoms with Crippen molar-refractivity contribution in [1.29, 1.82) is 0 Å². The Kier molecular flexibility index (Phi) is 24.8. The van der Waals surface area contributed by atoms with Gasteiger partial charge in [-0.15, -0.1) is 0 Å². The number of rotatable bonds is 27. The molecule has 0 amide bonds. The van der Waals surface area contributed by atoms with Crippen molar-refractivity contribution in [2.45, 2.75) is 263 Å². The topological polar surface area (TPSA) is 182 Å². The largest absolute Gasteiger partial charge is 0.463 e. The molecule has 9 aliphatic rings. The van der Waals surface area contributed by atoms with Crippen LogP contribution in [0.5, 0.6) is 0 Å². The molecule has 0 N–H and O–H groups in total. The molecular formula is C91H112O18. The molecule has 584 valence electrons. The third-order valence-corrected chi connectivity index (χ3v) is 25.7. The molecule has 6 aromatic carbocycles. The van der Waals surface area contributed by atoms with Crippen molar-refractivity contribution in [1.82, 2.24) is 0 Å². The quantitative estimate of drug-likeness (QED) is 0.0350. The van der Waals surface area contributed by atoms with Crippen molar-refractivity contribution in [3.63, 3.8) is 0 Å². The summed E-state index contributed by atoms with van der Waals surface area (Å²) in [7, 11) is 0. The molecule has 0 radical (unpaired) electrons. The highest BCUT2D eigenvalue weighted by Crippen LogP contribution is 2.71. The standard InChI is InChI=1S/C91H112O18/c1-57-41-46-91(101-49-57)58(2)76-74(109-91)48-73-71-40-39-69-47-70(42-44-89(69,7)72(71)43-45-90(73,76)8)105-88-85(108-87-84(100-55-68-37-25-14-26-38-68)81(98-53-66-33-21-12-22-34-66)78(60(4)103-87)96-51-64-29-17-10-18-30-64)82(79(104-62(6)93)75(106-88)56-94-61(5)92)107-86-83(99-54-67-35-23-13-24-36-67)80(97-52-65-31-19-11-20-32-65)77(59(3)102-86)95-50-63-27-15-9-16-28-63/h9-39,57-60,70-88H,40-56H2,1-8H3/t57-,58+,59+,60+,70+,71-,72+,73+,74+,75-,76+,77+,78+,79-,80-,81-,82+,83-,84-,85-,86+,87+,88-,89+,90-,91-/m1/s1. The van der Waals surface area contributed by atoms with Crippen LogP contribution in [0.25, 0.3) is 0 Å². The van der Waals surface area contributed by atoms with Crippen LogP contribution in [0, 0.1) is 46.3 Å². The predicted octanol–water partition coefficient (Wildman–Crippen LogP) is 15.7. The van der Waals surface area contributed by atoms with E-state index in [0.717, 1.165) is 84.9 Å². The Labute approximate surface area is 643 Å². The molecule has 0 bridgehead atoms. The molecule has 8 fully saturated rings. The predicted molar refractivity (Wildman–Crippen MR) is 406 cm³/mol. The minimum absolute atomic E-state index is 0.0831. The molecule has 1 spiro atoms. The van der Waals surface area contributed by atoms with Crippen molar-refractivity contribution in [2.24, 2.45) is 46.3 Å². The van der Waals surface area contributed by atoms with Gasteiger partial charge in [-0.3, -0.25) is 9.59 Å². The maximum Gasteiger partial charge on any atom is 0.303 e. The molecule has 4 aliphatic carbocycles. The molecule has 5 saturated heterocycles. The van der Waals surface area contributed by atoms with E-state index in [4.69, 9.17) is 75.8 Å². The van der Waals surface area contributed by atoms with Crippen LogP contribution in [-0.2, 0) is 125 Å². The van der Waals surface area contributed by atoms with Gasteiger partial charge in [-0.25, -0.2) is 0 Å². The monoisotopic (exact) mass is 1490 g/mol. The van der Waals surface area contributed by atoms with Gasteiger partial charge < -0.3 is 75.8 Å². The summed E-state index contributed by atoms with van der Waals surface area (Å²) in [6.45, 7) is 17.9. The summed E-state index contributed by atoms with van der Waals surface area (Å²) in [5.41, 5.74) is 7.05. The first-order valence-corrected chi connectivity index (χ1v) is 40.2. The van der Waals surface area contributed by atoms with E-state index in [-0.39, 0.29) is 63.2 Å². The van der Waals surface area contributed by atoms with Crippen LogP contribution >= 0.6 is 0 Å². The normalized spacial score (nSPS) is 37.5. The van der Waals surface area contributed by atoms with Crippen LogP contribution in [0.3, 0.4) is 0 Å². The Hall–Kier alpha value is -6.56. The van der Waals surface area contributed by atoms with Crippen LogP contribution < -0.4 is 0 Å². The number of esters is 2. The lowest BCUT2D eigenvalue weighted by Gasteiger charge is -2.59. The molecule has 6 aromatic rings. The first kappa shape index (κ1) is 77.7. The number of fused-ring (bicyclic) bond motifs is 7. The summed E-state index contributed by atoms with van der Waals surface area (Å²) in [5.74, 6) is 1.18. The summed E-state index contributed by atoms with van der Waals surface area (Å²) in [5, 5.41) is 0. The van der Waals surface area contributed by atoms with Gasteiger partial charge in [0.15, 0.2) is 30.8 Å². The van der Waals surface area contributed by atoms with Gasteiger partial charge in [-0.05, 0) is 139 Å². The van der Waals surface area contributed by atoms with E-state index >= 15 is 0 Å². The minimum atomic E-state index is -1.37. The molecule has 15 rings (SSSR count). The molecular weight excluding hydrogens is 1380 g/mol.